The molecule has 0 nitrogen and oxygen atoms in total. The Balaban J connectivity index is 1.66. The predicted molar refractivity (Wildman–Crippen MR) is 99.8 cm³/mol. The Labute approximate surface area is 140 Å². The van der Waals surface area contributed by atoms with E-state index >= 15 is 0 Å². The number of rotatable bonds is 10. The van der Waals surface area contributed by atoms with Crippen LogP contribution in [0, 0.1) is 0 Å². The number of unbranched alkanes of at least 4 members (excludes halogenated alkanes) is 4. The van der Waals surface area contributed by atoms with Gasteiger partial charge in [-0.05, 0) is 42.5 Å². The Bertz CT molecular complexity index is 501. The van der Waals surface area contributed by atoms with Gasteiger partial charge in [0, 0.05) is 10.6 Å². The van der Waals surface area contributed by atoms with Gasteiger partial charge in [-0.1, -0.05) is 75.1 Å². The van der Waals surface area contributed by atoms with Crippen molar-refractivity contribution < 1.29 is 0 Å². The van der Waals surface area contributed by atoms with Crippen molar-refractivity contribution in [3.63, 3.8) is 0 Å². The van der Waals surface area contributed by atoms with E-state index in [2.05, 4.69) is 61.5 Å². The largest absolute Gasteiger partial charge is 0.126 e. The van der Waals surface area contributed by atoms with E-state index in [1.165, 1.54) is 54.5 Å². The molecule has 0 aliphatic carbocycles. The highest BCUT2D eigenvalue weighted by molar-refractivity contribution is 7.99. The summed E-state index contributed by atoms with van der Waals surface area (Å²) in [5.74, 6) is 1.15. The molecule has 0 amide bonds. The van der Waals surface area contributed by atoms with Crippen molar-refractivity contribution in [2.75, 3.05) is 5.75 Å². The van der Waals surface area contributed by atoms with Crippen molar-refractivity contribution in [3.8, 4) is 0 Å². The maximum Gasteiger partial charge on any atom is 0.00720 e. The lowest BCUT2D eigenvalue weighted by Gasteiger charge is -2.05. The summed E-state index contributed by atoms with van der Waals surface area (Å²) < 4.78 is 0. The molecular formula is C21H28S. The monoisotopic (exact) mass is 312 g/mol. The summed E-state index contributed by atoms with van der Waals surface area (Å²) in [6, 6.07) is 19.9. The second-order valence-electron chi connectivity index (χ2n) is 5.89. The molecule has 22 heavy (non-hydrogen) atoms. The van der Waals surface area contributed by atoms with Crippen LogP contribution in [0.25, 0.3) is 0 Å². The quantitative estimate of drug-likeness (QED) is 0.355. The Morgan fingerprint density at radius 2 is 1.32 bits per heavy atom. The molecule has 0 spiro atoms. The van der Waals surface area contributed by atoms with Gasteiger partial charge in [-0.2, -0.15) is 0 Å². The zero-order chi connectivity index (χ0) is 15.5. The zero-order valence-corrected chi connectivity index (χ0v) is 14.6. The molecule has 0 aliphatic rings. The van der Waals surface area contributed by atoms with Gasteiger partial charge >= 0.3 is 0 Å². The van der Waals surface area contributed by atoms with Gasteiger partial charge in [0.25, 0.3) is 0 Å². The molecule has 0 radical (unpaired) electrons. The smallest absolute Gasteiger partial charge is 0.00720 e. The van der Waals surface area contributed by atoms with Crippen LogP contribution in [-0.2, 0) is 12.8 Å². The molecule has 0 N–H and O–H groups in total. The predicted octanol–water partition coefficient (Wildman–Crippen LogP) is 6.53. The van der Waals surface area contributed by atoms with Crippen LogP contribution in [0.15, 0.2) is 59.5 Å². The molecule has 1 heteroatoms. The minimum Gasteiger partial charge on any atom is -0.126 e. The van der Waals surface area contributed by atoms with Crippen LogP contribution in [0.5, 0.6) is 0 Å². The van der Waals surface area contributed by atoms with Crippen LogP contribution >= 0.6 is 11.8 Å². The van der Waals surface area contributed by atoms with E-state index in [9.17, 15) is 0 Å². The maximum atomic E-state index is 2.32. The zero-order valence-electron chi connectivity index (χ0n) is 13.8. The van der Waals surface area contributed by atoms with Gasteiger partial charge in [0.15, 0.2) is 0 Å². The summed E-state index contributed by atoms with van der Waals surface area (Å²) in [4.78, 5) is 1.37. The fraction of sp³-hybridized carbons (Fsp3) is 0.429. The number of aryl methyl sites for hydroxylation is 2. The Morgan fingerprint density at radius 1 is 0.682 bits per heavy atom. The SMILES string of the molecule is CCCCCCCc1ccc(CCSc2ccccc2)cc1. The molecule has 2 aromatic carbocycles. The third-order valence-electron chi connectivity index (χ3n) is 3.99. The normalized spacial score (nSPS) is 10.8. The summed E-state index contributed by atoms with van der Waals surface area (Å²) in [5, 5.41) is 0. The molecule has 0 aliphatic heterocycles. The van der Waals surface area contributed by atoms with Crippen LogP contribution in [-0.4, -0.2) is 5.75 Å². The fourth-order valence-electron chi connectivity index (χ4n) is 2.61. The average Bonchev–Trinajstić information content (AvgIpc) is 2.57. The molecule has 0 saturated carbocycles. The van der Waals surface area contributed by atoms with Crippen LogP contribution in [0.2, 0.25) is 0 Å². The lowest BCUT2D eigenvalue weighted by molar-refractivity contribution is 0.632. The third-order valence-corrected chi connectivity index (χ3v) is 5.01. The first-order valence-electron chi connectivity index (χ1n) is 8.64. The number of hydrogen-bond donors (Lipinski definition) is 0. The molecule has 2 aromatic rings. The second-order valence-corrected chi connectivity index (χ2v) is 7.06. The third kappa shape index (κ3) is 6.70. The van der Waals surface area contributed by atoms with Gasteiger partial charge in [0.2, 0.25) is 0 Å². The van der Waals surface area contributed by atoms with E-state index in [0.29, 0.717) is 0 Å². The van der Waals surface area contributed by atoms with E-state index in [4.69, 9.17) is 0 Å². The minimum atomic E-state index is 1.15. The molecule has 0 heterocycles. The van der Waals surface area contributed by atoms with Gasteiger partial charge in [0.1, 0.15) is 0 Å². The first-order valence-corrected chi connectivity index (χ1v) is 9.62. The maximum absolute atomic E-state index is 2.32. The molecule has 2 rings (SSSR count). The Hall–Kier alpha value is -1.21. The van der Waals surface area contributed by atoms with E-state index in [0.717, 1.165) is 12.2 Å². The van der Waals surface area contributed by atoms with Crippen molar-refractivity contribution in [2.24, 2.45) is 0 Å². The summed E-state index contributed by atoms with van der Waals surface area (Å²) in [7, 11) is 0. The van der Waals surface area contributed by atoms with Gasteiger partial charge in [-0.25, -0.2) is 0 Å². The molecule has 118 valence electrons. The average molecular weight is 313 g/mol. The van der Waals surface area contributed by atoms with Gasteiger partial charge in [-0.15, -0.1) is 11.8 Å². The van der Waals surface area contributed by atoms with Crippen LogP contribution in [0.1, 0.15) is 50.2 Å². The number of hydrogen-bond acceptors (Lipinski definition) is 1. The van der Waals surface area contributed by atoms with E-state index in [-0.39, 0.29) is 0 Å². The lowest BCUT2D eigenvalue weighted by Crippen LogP contribution is -1.91. The summed E-state index contributed by atoms with van der Waals surface area (Å²) in [6.07, 6.45) is 9.21. The van der Waals surface area contributed by atoms with Crippen molar-refractivity contribution in [3.05, 3.63) is 65.7 Å². The molecule has 0 atom stereocenters. The molecule has 0 bridgehead atoms. The van der Waals surface area contributed by atoms with E-state index in [1.54, 1.807) is 0 Å². The summed E-state index contributed by atoms with van der Waals surface area (Å²) in [6.45, 7) is 2.27. The van der Waals surface area contributed by atoms with E-state index in [1.807, 2.05) is 11.8 Å². The standard InChI is InChI=1S/C21H28S/c1-2-3-4-5-7-10-19-13-15-20(16-14-19)17-18-22-21-11-8-6-9-12-21/h6,8-9,11-16H,2-5,7,10,17-18H2,1H3. The van der Waals surface area contributed by atoms with Crippen LogP contribution < -0.4 is 0 Å². The first-order chi connectivity index (χ1) is 10.9. The molecule has 0 saturated heterocycles. The van der Waals surface area contributed by atoms with Crippen LogP contribution in [0.4, 0.5) is 0 Å². The van der Waals surface area contributed by atoms with Crippen molar-refractivity contribution in [1.82, 2.24) is 0 Å². The fourth-order valence-corrected chi connectivity index (χ4v) is 3.53. The molecular weight excluding hydrogens is 284 g/mol. The highest BCUT2D eigenvalue weighted by Gasteiger charge is 1.98. The Kier molecular flexibility index (Phi) is 8.19. The second kappa shape index (κ2) is 10.5. The summed E-state index contributed by atoms with van der Waals surface area (Å²) >= 11 is 1.94. The lowest BCUT2D eigenvalue weighted by atomic mass is 10.0. The number of thioether (sulfide) groups is 1. The molecule has 0 unspecified atom stereocenters. The Morgan fingerprint density at radius 3 is 2.00 bits per heavy atom. The van der Waals surface area contributed by atoms with Crippen molar-refractivity contribution in [2.45, 2.75) is 56.8 Å². The van der Waals surface area contributed by atoms with Crippen molar-refractivity contribution >= 4 is 11.8 Å². The molecule has 0 aromatic heterocycles. The topological polar surface area (TPSA) is 0 Å². The van der Waals surface area contributed by atoms with E-state index < -0.39 is 0 Å². The van der Waals surface area contributed by atoms with Crippen molar-refractivity contribution in [1.29, 1.82) is 0 Å². The molecule has 0 fully saturated rings. The highest BCUT2D eigenvalue weighted by Crippen LogP contribution is 2.19. The first kappa shape index (κ1) is 17.1. The van der Waals surface area contributed by atoms with Gasteiger partial charge in [0.05, 0.1) is 0 Å². The number of benzene rings is 2. The van der Waals surface area contributed by atoms with Gasteiger partial charge < -0.3 is 0 Å². The highest BCUT2D eigenvalue weighted by atomic mass is 32.2. The minimum absolute atomic E-state index is 1.15. The van der Waals surface area contributed by atoms with Gasteiger partial charge in [-0.3, -0.25) is 0 Å². The summed E-state index contributed by atoms with van der Waals surface area (Å²) in [5.41, 5.74) is 2.95. The van der Waals surface area contributed by atoms with Crippen LogP contribution in [0.3, 0.4) is 0 Å².